The van der Waals surface area contributed by atoms with E-state index < -0.39 is 5.97 Å². The molecule has 1 N–H and O–H groups in total. The molecule has 1 rings (SSSR count). The molecule has 2 atom stereocenters. The number of nitrogens with zero attached hydrogens (tertiary/aromatic N) is 1. The molecule has 3 nitrogen and oxygen atoms in total. The Kier molecular flexibility index (Phi) is 4.75. The Bertz CT molecular complexity index is 199. The highest BCUT2D eigenvalue weighted by atomic mass is 32.2. The van der Waals surface area contributed by atoms with Gasteiger partial charge in [0, 0.05) is 6.54 Å². The second-order valence-corrected chi connectivity index (χ2v) is 5.01. The third kappa shape index (κ3) is 2.64. The number of carbonyl (C=O) groups is 1. The molecule has 0 bridgehead atoms. The van der Waals surface area contributed by atoms with Crippen molar-refractivity contribution in [2.24, 2.45) is 0 Å². The average molecular weight is 217 g/mol. The van der Waals surface area contributed by atoms with Gasteiger partial charge >= 0.3 is 5.97 Å². The Morgan fingerprint density at radius 3 is 2.86 bits per heavy atom. The number of carboxylic acids is 1. The van der Waals surface area contributed by atoms with E-state index in [1.165, 1.54) is 0 Å². The molecule has 0 spiro atoms. The number of thioether (sulfide) groups is 1. The third-order valence-corrected chi connectivity index (χ3v) is 3.98. The predicted octanol–water partition coefficient (Wildman–Crippen LogP) is 2.02. The highest BCUT2D eigenvalue weighted by Crippen LogP contribution is 2.27. The Balaban J connectivity index is 2.59. The van der Waals surface area contributed by atoms with Crippen molar-refractivity contribution in [3.63, 3.8) is 0 Å². The van der Waals surface area contributed by atoms with Gasteiger partial charge in [0.25, 0.3) is 0 Å². The normalized spacial score (nSPS) is 25.1. The molecule has 1 heterocycles. The van der Waals surface area contributed by atoms with Gasteiger partial charge in [-0.1, -0.05) is 13.8 Å². The van der Waals surface area contributed by atoms with Gasteiger partial charge in [-0.3, -0.25) is 9.69 Å². The molecule has 0 aromatic rings. The predicted molar refractivity (Wildman–Crippen MR) is 59.6 cm³/mol. The fourth-order valence-corrected chi connectivity index (χ4v) is 3.10. The minimum Gasteiger partial charge on any atom is -0.480 e. The van der Waals surface area contributed by atoms with Crippen molar-refractivity contribution in [3.05, 3.63) is 0 Å². The molecule has 0 aromatic carbocycles. The summed E-state index contributed by atoms with van der Waals surface area (Å²) in [4.78, 5) is 13.1. The van der Waals surface area contributed by atoms with Gasteiger partial charge in [0.2, 0.25) is 0 Å². The van der Waals surface area contributed by atoms with Crippen LogP contribution in [0, 0.1) is 0 Å². The summed E-state index contributed by atoms with van der Waals surface area (Å²) >= 11 is 1.86. The first-order chi connectivity index (χ1) is 6.70. The first-order valence-corrected chi connectivity index (χ1v) is 6.35. The number of aliphatic carboxylic acids is 1. The van der Waals surface area contributed by atoms with Crippen molar-refractivity contribution in [2.75, 3.05) is 12.3 Å². The molecule has 1 fully saturated rings. The van der Waals surface area contributed by atoms with E-state index >= 15 is 0 Å². The van der Waals surface area contributed by atoms with Crippen LogP contribution in [0.4, 0.5) is 0 Å². The second kappa shape index (κ2) is 5.61. The van der Waals surface area contributed by atoms with Crippen LogP contribution in [0.15, 0.2) is 0 Å². The summed E-state index contributed by atoms with van der Waals surface area (Å²) in [5.41, 5.74) is 0. The van der Waals surface area contributed by atoms with Gasteiger partial charge in [-0.05, 0) is 25.0 Å². The van der Waals surface area contributed by atoms with Gasteiger partial charge in [0.1, 0.15) is 6.04 Å². The molecule has 1 saturated heterocycles. The second-order valence-electron chi connectivity index (χ2n) is 3.55. The maximum Gasteiger partial charge on any atom is 0.320 e. The zero-order valence-electron chi connectivity index (χ0n) is 8.90. The summed E-state index contributed by atoms with van der Waals surface area (Å²) in [6, 6.07) is -0.237. The van der Waals surface area contributed by atoms with Gasteiger partial charge < -0.3 is 5.11 Å². The summed E-state index contributed by atoms with van der Waals surface area (Å²) in [5, 5.41) is 9.44. The van der Waals surface area contributed by atoms with Crippen LogP contribution in [0.3, 0.4) is 0 Å². The van der Waals surface area contributed by atoms with Crippen LogP contribution in [0.2, 0.25) is 0 Å². The molecular weight excluding hydrogens is 198 g/mol. The van der Waals surface area contributed by atoms with Gasteiger partial charge in [-0.25, -0.2) is 0 Å². The number of hydrogen-bond acceptors (Lipinski definition) is 3. The smallest absolute Gasteiger partial charge is 0.320 e. The molecular formula is C10H19NO2S. The first-order valence-electron chi connectivity index (χ1n) is 5.30. The maximum atomic E-state index is 11.0. The van der Waals surface area contributed by atoms with Crippen molar-refractivity contribution >= 4 is 17.7 Å². The van der Waals surface area contributed by atoms with Crippen molar-refractivity contribution in [3.8, 4) is 0 Å². The third-order valence-electron chi connectivity index (χ3n) is 2.66. The maximum absolute atomic E-state index is 11.0. The molecule has 82 valence electrons. The van der Waals surface area contributed by atoms with Crippen molar-refractivity contribution < 1.29 is 9.90 Å². The summed E-state index contributed by atoms with van der Waals surface area (Å²) in [6.45, 7) is 5.20. The summed E-state index contributed by atoms with van der Waals surface area (Å²) in [7, 11) is 0. The van der Waals surface area contributed by atoms with E-state index in [2.05, 4.69) is 18.7 Å². The highest BCUT2D eigenvalue weighted by Gasteiger charge is 2.34. The van der Waals surface area contributed by atoms with Gasteiger partial charge in [0.15, 0.2) is 0 Å². The molecule has 0 saturated carbocycles. The van der Waals surface area contributed by atoms with Crippen molar-refractivity contribution in [2.45, 2.75) is 44.5 Å². The summed E-state index contributed by atoms with van der Waals surface area (Å²) < 4.78 is 0. The zero-order chi connectivity index (χ0) is 10.6. The van der Waals surface area contributed by atoms with E-state index in [0.29, 0.717) is 5.37 Å². The lowest BCUT2D eigenvalue weighted by molar-refractivity contribution is -0.142. The van der Waals surface area contributed by atoms with Gasteiger partial charge in [0.05, 0.1) is 5.37 Å². The van der Waals surface area contributed by atoms with Gasteiger partial charge in [-0.15, -0.1) is 11.8 Å². The standard InChI is InChI=1S/C10H19NO2S/c1-3-9(14-4-2)11-7-5-6-8(11)10(12)13/h8-9H,3-7H2,1-2H3,(H,12,13). The summed E-state index contributed by atoms with van der Waals surface area (Å²) in [5.74, 6) is 0.402. The van der Waals surface area contributed by atoms with Crippen LogP contribution in [0.25, 0.3) is 0 Å². The molecule has 1 aliphatic rings. The van der Waals surface area contributed by atoms with E-state index in [1.54, 1.807) is 0 Å². The van der Waals surface area contributed by atoms with Crippen molar-refractivity contribution in [1.29, 1.82) is 0 Å². The van der Waals surface area contributed by atoms with Crippen LogP contribution in [-0.2, 0) is 4.79 Å². The van der Waals surface area contributed by atoms with Crippen LogP contribution >= 0.6 is 11.8 Å². The molecule has 0 amide bonds. The Labute approximate surface area is 89.9 Å². The fourth-order valence-electron chi connectivity index (χ4n) is 2.04. The number of likely N-dealkylation sites (tertiary alicyclic amines) is 1. The topological polar surface area (TPSA) is 40.5 Å². The van der Waals surface area contributed by atoms with E-state index in [1.807, 2.05) is 11.8 Å². The Hall–Kier alpha value is -0.220. The first kappa shape index (κ1) is 11.9. The summed E-state index contributed by atoms with van der Waals surface area (Å²) in [6.07, 6.45) is 2.87. The van der Waals surface area contributed by atoms with Crippen molar-refractivity contribution in [1.82, 2.24) is 4.90 Å². The molecule has 0 aliphatic carbocycles. The largest absolute Gasteiger partial charge is 0.480 e. The molecule has 14 heavy (non-hydrogen) atoms. The lowest BCUT2D eigenvalue weighted by Crippen LogP contribution is -2.41. The molecule has 0 aromatic heterocycles. The number of hydrogen-bond donors (Lipinski definition) is 1. The van der Waals surface area contributed by atoms with Crippen LogP contribution in [-0.4, -0.2) is 39.7 Å². The quantitative estimate of drug-likeness (QED) is 0.765. The van der Waals surface area contributed by atoms with Crippen LogP contribution in [0.1, 0.15) is 33.1 Å². The van der Waals surface area contributed by atoms with Crippen LogP contribution in [0.5, 0.6) is 0 Å². The highest BCUT2D eigenvalue weighted by molar-refractivity contribution is 7.99. The monoisotopic (exact) mass is 217 g/mol. The average Bonchev–Trinajstić information content (AvgIpc) is 2.62. The minimum atomic E-state index is -0.655. The van der Waals surface area contributed by atoms with E-state index in [-0.39, 0.29) is 6.04 Å². The molecule has 0 radical (unpaired) electrons. The lowest BCUT2D eigenvalue weighted by atomic mass is 10.2. The fraction of sp³-hybridized carbons (Fsp3) is 0.900. The van der Waals surface area contributed by atoms with E-state index in [0.717, 1.165) is 31.6 Å². The minimum absolute atomic E-state index is 0.237. The van der Waals surface area contributed by atoms with Gasteiger partial charge in [-0.2, -0.15) is 0 Å². The Morgan fingerprint density at radius 2 is 2.36 bits per heavy atom. The Morgan fingerprint density at radius 1 is 1.64 bits per heavy atom. The SMILES string of the molecule is CCSC(CC)N1CCCC1C(=O)O. The lowest BCUT2D eigenvalue weighted by Gasteiger charge is -2.29. The number of rotatable bonds is 5. The van der Waals surface area contributed by atoms with E-state index in [9.17, 15) is 4.79 Å². The van der Waals surface area contributed by atoms with Crippen LogP contribution < -0.4 is 0 Å². The molecule has 1 aliphatic heterocycles. The molecule has 2 unspecified atom stereocenters. The molecule has 4 heteroatoms. The van der Waals surface area contributed by atoms with E-state index in [4.69, 9.17) is 5.11 Å². The number of carboxylic acid groups (broad SMARTS) is 1. The zero-order valence-corrected chi connectivity index (χ0v) is 9.72.